The lowest BCUT2D eigenvalue weighted by Gasteiger charge is -2.18. The number of rotatable bonds is 5. The molecule has 7 heteroatoms. The number of hydrogen-bond donors (Lipinski definition) is 2. The van der Waals surface area contributed by atoms with E-state index in [2.05, 4.69) is 9.97 Å². The van der Waals surface area contributed by atoms with Gasteiger partial charge in [0, 0.05) is 22.7 Å². The van der Waals surface area contributed by atoms with Crippen LogP contribution in [-0.4, -0.2) is 23.6 Å². The molecule has 0 saturated carbocycles. The summed E-state index contributed by atoms with van der Waals surface area (Å²) < 4.78 is 34.6. The lowest BCUT2D eigenvalue weighted by molar-refractivity contribution is 0.380. The van der Waals surface area contributed by atoms with Crippen molar-refractivity contribution in [3.8, 4) is 16.9 Å². The molecule has 1 atom stereocenters. The van der Waals surface area contributed by atoms with Crippen molar-refractivity contribution in [3.05, 3.63) is 69.4 Å². The quantitative estimate of drug-likeness (QED) is 0.455. The van der Waals surface area contributed by atoms with Gasteiger partial charge in [0.1, 0.15) is 6.67 Å². The number of ether oxygens (including phenoxy) is 1. The molecule has 0 spiro atoms. The number of H-pyrrole nitrogens is 1. The summed E-state index contributed by atoms with van der Waals surface area (Å²) >= 11 is 0. The number of alkyl halides is 1. The van der Waals surface area contributed by atoms with Gasteiger partial charge in [-0.25, -0.2) is 8.78 Å². The van der Waals surface area contributed by atoms with Gasteiger partial charge in [-0.3, -0.25) is 9.78 Å². The van der Waals surface area contributed by atoms with Gasteiger partial charge < -0.3 is 15.5 Å². The van der Waals surface area contributed by atoms with Crippen molar-refractivity contribution in [1.29, 1.82) is 0 Å². The lowest BCUT2D eigenvalue weighted by Crippen LogP contribution is -2.12. The summed E-state index contributed by atoms with van der Waals surface area (Å²) in [6.07, 6.45) is 1.58. The third-order valence-electron chi connectivity index (χ3n) is 5.81. The fraction of sp³-hybridized carbons (Fsp3) is 0.250. The van der Waals surface area contributed by atoms with E-state index in [9.17, 15) is 9.18 Å². The Morgan fingerprint density at radius 1 is 1.19 bits per heavy atom. The molecule has 1 unspecified atom stereocenters. The topological polar surface area (TPSA) is 81.0 Å². The third-order valence-corrected chi connectivity index (χ3v) is 5.81. The summed E-state index contributed by atoms with van der Waals surface area (Å²) in [6, 6.07) is 9.26. The van der Waals surface area contributed by atoms with Crippen molar-refractivity contribution in [2.24, 2.45) is 5.73 Å². The minimum Gasteiger partial charge on any atom is -0.493 e. The van der Waals surface area contributed by atoms with Crippen LogP contribution in [-0.2, 0) is 6.67 Å². The summed E-state index contributed by atoms with van der Waals surface area (Å²) in [5.74, 6) is -0.758. The van der Waals surface area contributed by atoms with Crippen LogP contribution in [0.3, 0.4) is 0 Å². The Hall–Kier alpha value is -3.32. The second-order valence-corrected chi connectivity index (χ2v) is 7.65. The van der Waals surface area contributed by atoms with E-state index >= 15 is 4.39 Å². The minimum atomic E-state index is -1.10. The summed E-state index contributed by atoms with van der Waals surface area (Å²) in [5.41, 5.74) is 8.38. The molecule has 2 aromatic carbocycles. The van der Waals surface area contributed by atoms with E-state index in [1.165, 1.54) is 7.11 Å². The van der Waals surface area contributed by atoms with E-state index in [1.54, 1.807) is 19.2 Å². The van der Waals surface area contributed by atoms with Crippen LogP contribution < -0.4 is 16.0 Å². The van der Waals surface area contributed by atoms with Gasteiger partial charge in [-0.1, -0.05) is 31.2 Å². The van der Waals surface area contributed by atoms with Crippen LogP contribution in [0.5, 0.6) is 5.75 Å². The standard InChI is InChI=1S/C24H23F2N3O2/c1-12-8-9-28-22-17(12)24(30)29-21-16(10-25)20(26)23(31-3)18(19(21)22)15-6-4-14(5-7-15)13(2)11-27/h4-9,13H,10-11,27H2,1-3H3,(H,29,30). The maximum atomic E-state index is 15.3. The predicted molar refractivity (Wildman–Crippen MR) is 119 cm³/mol. The number of halogens is 2. The third kappa shape index (κ3) is 3.25. The zero-order valence-corrected chi connectivity index (χ0v) is 17.6. The molecular formula is C24H23F2N3O2. The largest absolute Gasteiger partial charge is 0.493 e. The molecule has 2 aromatic heterocycles. The fourth-order valence-corrected chi connectivity index (χ4v) is 4.04. The zero-order chi connectivity index (χ0) is 22.3. The van der Waals surface area contributed by atoms with Crippen molar-refractivity contribution in [2.75, 3.05) is 13.7 Å². The molecule has 160 valence electrons. The van der Waals surface area contributed by atoms with E-state index in [-0.39, 0.29) is 22.7 Å². The average molecular weight is 423 g/mol. The highest BCUT2D eigenvalue weighted by atomic mass is 19.1. The van der Waals surface area contributed by atoms with Gasteiger partial charge in [-0.2, -0.15) is 0 Å². The molecule has 0 aliphatic rings. The molecule has 0 amide bonds. The number of nitrogens with zero attached hydrogens (tertiary/aromatic N) is 1. The van der Waals surface area contributed by atoms with E-state index in [0.29, 0.717) is 34.0 Å². The molecule has 4 rings (SSSR count). The Labute approximate surface area is 177 Å². The van der Waals surface area contributed by atoms with Crippen LogP contribution in [0.1, 0.15) is 29.5 Å². The number of fused-ring (bicyclic) bond motifs is 3. The van der Waals surface area contributed by atoms with Crippen LogP contribution in [0.25, 0.3) is 32.9 Å². The first-order valence-corrected chi connectivity index (χ1v) is 9.98. The van der Waals surface area contributed by atoms with Gasteiger partial charge in [0.05, 0.1) is 23.5 Å². The Morgan fingerprint density at radius 2 is 1.90 bits per heavy atom. The molecule has 3 N–H and O–H groups in total. The SMILES string of the molecule is COc1c(F)c(CF)c2[nH]c(=O)c3c(C)ccnc3c2c1-c1ccc(C(C)CN)cc1. The number of methoxy groups -OCH3 is 1. The number of aromatic amines is 1. The Morgan fingerprint density at radius 3 is 2.52 bits per heavy atom. The van der Waals surface area contributed by atoms with Gasteiger partial charge in [0.2, 0.25) is 0 Å². The number of nitrogens with one attached hydrogen (secondary N) is 1. The smallest absolute Gasteiger partial charge is 0.258 e. The van der Waals surface area contributed by atoms with Crippen LogP contribution in [0.4, 0.5) is 8.78 Å². The van der Waals surface area contributed by atoms with E-state index in [0.717, 1.165) is 11.1 Å². The predicted octanol–water partition coefficient (Wildman–Crippen LogP) is 4.73. The summed E-state index contributed by atoms with van der Waals surface area (Å²) in [5, 5.41) is 0.826. The number of aryl methyl sites for hydroxylation is 1. The van der Waals surface area contributed by atoms with Gasteiger partial charge in [0.25, 0.3) is 5.56 Å². The molecular weight excluding hydrogens is 400 g/mol. The van der Waals surface area contributed by atoms with Crippen LogP contribution in [0, 0.1) is 12.7 Å². The Kier molecular flexibility index (Phi) is 5.45. The van der Waals surface area contributed by atoms with Crippen molar-refractivity contribution in [2.45, 2.75) is 26.4 Å². The fourth-order valence-electron chi connectivity index (χ4n) is 4.04. The first-order valence-electron chi connectivity index (χ1n) is 9.98. The lowest BCUT2D eigenvalue weighted by atomic mass is 9.92. The highest BCUT2D eigenvalue weighted by Gasteiger charge is 2.25. The molecule has 31 heavy (non-hydrogen) atoms. The highest BCUT2D eigenvalue weighted by molar-refractivity contribution is 6.14. The van der Waals surface area contributed by atoms with E-state index < -0.39 is 18.1 Å². The second-order valence-electron chi connectivity index (χ2n) is 7.65. The molecule has 0 aliphatic heterocycles. The van der Waals surface area contributed by atoms with Gasteiger partial charge >= 0.3 is 0 Å². The van der Waals surface area contributed by atoms with Crippen LogP contribution in [0.2, 0.25) is 0 Å². The summed E-state index contributed by atoms with van der Waals surface area (Å²) in [7, 11) is 1.34. The minimum absolute atomic E-state index is 0.0866. The van der Waals surface area contributed by atoms with Gasteiger partial charge in [-0.15, -0.1) is 0 Å². The molecule has 2 heterocycles. The first-order chi connectivity index (χ1) is 14.9. The molecule has 0 radical (unpaired) electrons. The maximum Gasteiger partial charge on any atom is 0.258 e. The van der Waals surface area contributed by atoms with Crippen LogP contribution >= 0.6 is 0 Å². The van der Waals surface area contributed by atoms with Crippen molar-refractivity contribution in [1.82, 2.24) is 9.97 Å². The number of aromatic nitrogens is 2. The number of nitrogens with two attached hydrogens (primary N) is 1. The van der Waals surface area contributed by atoms with Crippen LogP contribution in [0.15, 0.2) is 41.3 Å². The van der Waals surface area contributed by atoms with Gasteiger partial charge in [0.15, 0.2) is 11.6 Å². The molecule has 0 bridgehead atoms. The van der Waals surface area contributed by atoms with Gasteiger partial charge in [-0.05, 0) is 42.1 Å². The Balaban J connectivity index is 2.20. The monoisotopic (exact) mass is 423 g/mol. The molecule has 0 saturated heterocycles. The second kappa shape index (κ2) is 8.07. The average Bonchev–Trinajstić information content (AvgIpc) is 2.78. The van der Waals surface area contributed by atoms with Crippen molar-refractivity contribution < 1.29 is 13.5 Å². The Bertz CT molecular complexity index is 1350. The molecule has 5 nitrogen and oxygen atoms in total. The summed E-state index contributed by atoms with van der Waals surface area (Å²) in [6.45, 7) is 3.22. The molecule has 0 fully saturated rings. The van der Waals surface area contributed by atoms with E-state index in [4.69, 9.17) is 10.5 Å². The molecule has 4 aromatic rings. The van der Waals surface area contributed by atoms with Crippen molar-refractivity contribution >= 4 is 21.8 Å². The number of benzene rings is 2. The maximum absolute atomic E-state index is 15.3. The first kappa shape index (κ1) is 20.9. The normalized spacial score (nSPS) is 12.5. The zero-order valence-electron chi connectivity index (χ0n) is 17.6. The number of hydrogen-bond acceptors (Lipinski definition) is 4. The number of pyridine rings is 2. The summed E-state index contributed by atoms with van der Waals surface area (Å²) in [4.78, 5) is 19.9. The van der Waals surface area contributed by atoms with Crippen molar-refractivity contribution in [3.63, 3.8) is 0 Å². The van der Waals surface area contributed by atoms with E-state index in [1.807, 2.05) is 31.2 Å². The molecule has 0 aliphatic carbocycles. The highest BCUT2D eigenvalue weighted by Crippen LogP contribution is 2.43.